The molecule has 6 N–H and O–H groups in total. The van der Waals surface area contributed by atoms with E-state index < -0.39 is 116 Å². The number of nitro benzene ring substituents is 2. The topological polar surface area (TPSA) is 378 Å². The van der Waals surface area contributed by atoms with Gasteiger partial charge < -0.3 is 30.4 Å². The number of aliphatic hydroxyl groups excluding tert-OH is 1. The molecule has 0 unspecified atom stereocenters. The maximum absolute atomic E-state index is 12.4. The lowest BCUT2D eigenvalue weighted by molar-refractivity contribution is -0.402. The summed E-state index contributed by atoms with van der Waals surface area (Å²) >= 11 is 3.39. The van der Waals surface area contributed by atoms with Crippen LogP contribution in [0.25, 0.3) is 10.8 Å². The van der Waals surface area contributed by atoms with Crippen molar-refractivity contribution in [2.24, 2.45) is 30.7 Å². The van der Waals surface area contributed by atoms with Gasteiger partial charge in [0, 0.05) is 19.0 Å². The predicted octanol–water partition coefficient (Wildman–Crippen LogP) is 7.13. The van der Waals surface area contributed by atoms with Gasteiger partial charge in [0.2, 0.25) is 11.5 Å². The van der Waals surface area contributed by atoms with Crippen LogP contribution in [-0.4, -0.2) is 69.1 Å². The van der Waals surface area contributed by atoms with Crippen LogP contribution >= 0.6 is 12.9 Å². The molecule has 0 amide bonds. The van der Waals surface area contributed by atoms with Crippen molar-refractivity contribution in [3.05, 3.63) is 86.5 Å². The maximum Gasteiger partial charge on any atom is 0.319 e. The summed E-state index contributed by atoms with van der Waals surface area (Å²) < 4.78 is 63.4. The van der Waals surface area contributed by atoms with Crippen molar-refractivity contribution in [2.75, 3.05) is 12.4 Å². The number of aromatic hydroxyl groups is 4. The van der Waals surface area contributed by atoms with Crippen LogP contribution in [0.3, 0.4) is 0 Å². The van der Waals surface area contributed by atoms with E-state index in [-0.39, 0.29) is 26.9 Å². The van der Waals surface area contributed by atoms with Crippen molar-refractivity contribution in [1.29, 1.82) is 0 Å². The maximum atomic E-state index is 12.4. The number of phenolic OH excluding ortho intramolecular Hbond substituents is 4. The average molecular weight is 877 g/mol. The summed E-state index contributed by atoms with van der Waals surface area (Å²) in [6, 6.07) is 9.36. The first-order valence-electron chi connectivity index (χ1n) is 15.6. The van der Waals surface area contributed by atoms with E-state index in [9.17, 15) is 62.0 Å². The first-order valence-corrected chi connectivity index (χ1v) is 19.1. The fraction of sp³-hybridized carbons (Fsp3) is 0.0968. The minimum Gasteiger partial charge on any atom is -0.505 e. The molecule has 0 aliphatic rings. The molecule has 5 aromatic carbocycles. The van der Waals surface area contributed by atoms with Crippen molar-refractivity contribution < 1.29 is 71.0 Å². The summed E-state index contributed by atoms with van der Waals surface area (Å²) in [6.07, 6.45) is 0. The van der Waals surface area contributed by atoms with Gasteiger partial charge in [0.15, 0.2) is 32.7 Å². The summed E-state index contributed by atoms with van der Waals surface area (Å²) in [7, 11) is -8.83. The highest BCUT2D eigenvalue weighted by Crippen LogP contribution is 2.50. The predicted molar refractivity (Wildman–Crippen MR) is 201 cm³/mol. The molecule has 5 rings (SSSR count). The van der Waals surface area contributed by atoms with Gasteiger partial charge in [-0.15, -0.1) is 29.9 Å². The number of hydrogen-bond donors (Lipinski definition) is 7. The first kappa shape index (κ1) is 43.2. The second-order valence-corrected chi connectivity index (χ2v) is 15.2. The van der Waals surface area contributed by atoms with E-state index in [1.54, 1.807) is 0 Å². The van der Waals surface area contributed by atoms with E-state index in [2.05, 4.69) is 53.0 Å². The quantitative estimate of drug-likeness (QED) is 0.0104. The fourth-order valence-corrected chi connectivity index (χ4v) is 6.69. The molecule has 0 atom stereocenters. The van der Waals surface area contributed by atoms with Gasteiger partial charge in [0.25, 0.3) is 15.8 Å². The van der Waals surface area contributed by atoms with Gasteiger partial charge in [-0.3, -0.25) is 24.8 Å². The zero-order chi connectivity index (χ0) is 43.4. The number of nitrogens with zero attached hydrogens (tertiary/aromatic N) is 8. The Morgan fingerprint density at radius 2 is 1.36 bits per heavy atom. The molecule has 28 heteroatoms. The molecule has 0 aliphatic heterocycles. The van der Waals surface area contributed by atoms with Gasteiger partial charge in [0.1, 0.15) is 17.1 Å². The van der Waals surface area contributed by atoms with Crippen molar-refractivity contribution in [1.82, 2.24) is 0 Å². The molecule has 0 saturated carbocycles. The summed E-state index contributed by atoms with van der Waals surface area (Å²) in [4.78, 5) is 24.5. The van der Waals surface area contributed by atoms with E-state index in [1.807, 2.05) is 0 Å². The number of aryl methyl sites for hydroxylation is 1. The Morgan fingerprint density at radius 1 is 0.712 bits per heavy atom. The van der Waals surface area contributed by atoms with Gasteiger partial charge in [-0.1, -0.05) is 0 Å². The summed E-state index contributed by atoms with van der Waals surface area (Å²) in [5.41, 5.74) is -4.78. The molecule has 0 saturated heterocycles. The number of benzene rings is 5. The molecule has 59 heavy (non-hydrogen) atoms. The highest BCUT2D eigenvalue weighted by Gasteiger charge is 2.26. The molecular weight excluding hydrogens is 853 g/mol. The summed E-state index contributed by atoms with van der Waals surface area (Å²) in [5, 5.41) is 101. The lowest BCUT2D eigenvalue weighted by Crippen LogP contribution is -2.10. The number of phenols is 4. The molecule has 0 heterocycles. The Hall–Kier alpha value is -6.95. The van der Waals surface area contributed by atoms with Crippen molar-refractivity contribution in [3.8, 4) is 28.7 Å². The number of aliphatic hydroxyl groups is 1. The molecule has 0 fully saturated rings. The molecule has 0 spiro atoms. The van der Waals surface area contributed by atoms with Gasteiger partial charge in [0.05, 0.1) is 54.8 Å². The zero-order valence-electron chi connectivity index (χ0n) is 29.2. The number of rotatable bonds is 15. The number of thiol groups is 1. The number of hydrogen-bond acceptors (Lipinski definition) is 23. The van der Waals surface area contributed by atoms with Crippen LogP contribution in [0, 0.1) is 27.2 Å². The van der Waals surface area contributed by atoms with Crippen LogP contribution < -0.4 is 4.89 Å². The molecule has 0 aliphatic carbocycles. The number of sulfone groups is 1. The lowest BCUT2D eigenvalue weighted by Gasteiger charge is -2.12. The molecular formula is C31H24N8O17S3. The minimum absolute atomic E-state index is 0.0843. The normalized spacial score (nSPS) is 12.3. The monoisotopic (exact) mass is 876 g/mol. The number of non-ortho nitro benzene ring substituents is 1. The minimum atomic E-state index is -5.00. The standard InChI is InChI=1S/C31H24N8O17S3/c1-14-8-17(58(49,50)7-6-40)2-3-19(14)32-37-28-25(54-55-56-57)10-15-9-18(59(51,52)53)13-21(26(15)31(28)44)34-33-20-4-5-24(41)27(30(20)43)36-35-22-11-16(38(45)46)12-23(29(22)42)39(47)48/h2-5,8-13,40-44,57H,6-7H2,1H3,(H,51,52,53). The van der Waals surface area contributed by atoms with Crippen molar-refractivity contribution >= 4 is 89.1 Å². The SMILES string of the molecule is Cc1cc(S(=O)(=O)CCO)ccc1N=Nc1c(OOOS)cc2cc(S(=O)(=O)O)cc(N=Nc3ccc(O)c(N=Nc4cc([N+](=O)[O-])cc([N+](=O)[O-])c4O)c3O)c2c1O. The Balaban J connectivity index is 1.65. The Bertz CT molecular complexity index is 2850. The molecule has 308 valence electrons. The van der Waals surface area contributed by atoms with Crippen LogP contribution in [0.1, 0.15) is 5.56 Å². The first-order chi connectivity index (χ1) is 27.8. The Kier molecular flexibility index (Phi) is 12.6. The molecule has 0 aromatic heterocycles. The number of fused-ring (bicyclic) bond motifs is 1. The number of azo groups is 3. The summed E-state index contributed by atoms with van der Waals surface area (Å²) in [5.74, 6) is -4.78. The average Bonchev–Trinajstić information content (AvgIpc) is 3.16. The largest absolute Gasteiger partial charge is 0.505 e. The van der Waals surface area contributed by atoms with Crippen LogP contribution in [0.5, 0.6) is 28.7 Å². The van der Waals surface area contributed by atoms with Crippen molar-refractivity contribution in [2.45, 2.75) is 16.7 Å². The highest BCUT2D eigenvalue weighted by molar-refractivity contribution is 7.91. The third-order valence-corrected chi connectivity index (χ3v) is 10.4. The van der Waals surface area contributed by atoms with Crippen LogP contribution in [0.2, 0.25) is 0 Å². The molecule has 0 bridgehead atoms. The number of nitro groups is 2. The summed E-state index contributed by atoms with van der Waals surface area (Å²) in [6.45, 7) is 0.876. The van der Waals surface area contributed by atoms with Crippen LogP contribution in [0.4, 0.5) is 45.5 Å². The van der Waals surface area contributed by atoms with Gasteiger partial charge in [-0.2, -0.15) is 13.5 Å². The second kappa shape index (κ2) is 17.3. The zero-order valence-corrected chi connectivity index (χ0v) is 31.7. The van der Waals surface area contributed by atoms with E-state index in [4.69, 9.17) is 9.99 Å². The second-order valence-electron chi connectivity index (χ2n) is 11.6. The highest BCUT2D eigenvalue weighted by atomic mass is 32.2. The van der Waals surface area contributed by atoms with E-state index in [1.165, 1.54) is 25.1 Å². The van der Waals surface area contributed by atoms with Crippen molar-refractivity contribution in [3.63, 3.8) is 0 Å². The smallest absolute Gasteiger partial charge is 0.319 e. The van der Waals surface area contributed by atoms with E-state index in [0.29, 0.717) is 12.1 Å². The van der Waals surface area contributed by atoms with Crippen LogP contribution in [0.15, 0.2) is 101 Å². The Morgan fingerprint density at radius 3 is 1.98 bits per heavy atom. The molecule has 25 nitrogen and oxygen atoms in total. The lowest BCUT2D eigenvalue weighted by atomic mass is 10.1. The van der Waals surface area contributed by atoms with E-state index >= 15 is 0 Å². The molecule has 5 aromatic rings. The van der Waals surface area contributed by atoms with E-state index in [0.717, 1.165) is 30.3 Å². The fourth-order valence-electron chi connectivity index (χ4n) is 5.01. The Labute approximate surface area is 334 Å². The third kappa shape index (κ3) is 9.44. The molecule has 0 radical (unpaired) electrons. The van der Waals surface area contributed by atoms with Crippen LogP contribution in [-0.2, 0) is 29.3 Å². The third-order valence-electron chi connectivity index (χ3n) is 7.79. The van der Waals surface area contributed by atoms with Gasteiger partial charge in [-0.05, 0) is 71.4 Å². The van der Waals surface area contributed by atoms with Gasteiger partial charge >= 0.3 is 5.69 Å². The van der Waals surface area contributed by atoms with Gasteiger partial charge in [-0.25, -0.2) is 8.42 Å².